The van der Waals surface area contributed by atoms with E-state index in [0.29, 0.717) is 5.92 Å². The van der Waals surface area contributed by atoms with Crippen molar-refractivity contribution in [1.82, 2.24) is 9.78 Å². The van der Waals surface area contributed by atoms with E-state index in [0.717, 1.165) is 19.5 Å². The maximum Gasteiger partial charge on any atom is 0.124 e. The molecule has 1 unspecified atom stereocenters. The number of unbranched alkanes of at least 4 members (excludes halogenated alkanes) is 1. The Hall–Kier alpha value is -1.77. The predicted molar refractivity (Wildman–Crippen MR) is 83.2 cm³/mol. The quantitative estimate of drug-likeness (QED) is 0.916. The zero-order valence-electron chi connectivity index (χ0n) is 12.4. The van der Waals surface area contributed by atoms with Gasteiger partial charge in [0, 0.05) is 18.5 Å². The summed E-state index contributed by atoms with van der Waals surface area (Å²) in [5.41, 5.74) is 3.94. The normalized spacial score (nSPS) is 17.6. The Morgan fingerprint density at radius 3 is 2.85 bits per heavy atom. The Balaban J connectivity index is 1.74. The highest BCUT2D eigenvalue weighted by molar-refractivity contribution is 5.41. The molecule has 3 heteroatoms. The van der Waals surface area contributed by atoms with Gasteiger partial charge in [-0.15, -0.1) is 0 Å². The van der Waals surface area contributed by atoms with Crippen molar-refractivity contribution in [3.8, 4) is 0 Å². The third-order valence-corrected chi connectivity index (χ3v) is 4.09. The molecule has 2 heterocycles. The second-order valence-electron chi connectivity index (χ2n) is 5.80. The second-order valence-corrected chi connectivity index (χ2v) is 5.80. The van der Waals surface area contributed by atoms with Gasteiger partial charge in [-0.1, -0.05) is 43.2 Å². The Labute approximate surface area is 121 Å². The van der Waals surface area contributed by atoms with Crippen molar-refractivity contribution in [2.24, 2.45) is 0 Å². The number of anilines is 1. The van der Waals surface area contributed by atoms with E-state index in [2.05, 4.69) is 54.2 Å². The number of fused-ring (bicyclic) bond motifs is 1. The molecular weight excluding hydrogens is 246 g/mol. The van der Waals surface area contributed by atoms with Gasteiger partial charge in [0.2, 0.25) is 0 Å². The molecule has 0 radical (unpaired) electrons. The van der Waals surface area contributed by atoms with E-state index in [4.69, 9.17) is 5.10 Å². The summed E-state index contributed by atoms with van der Waals surface area (Å²) in [6.07, 6.45) is 3.53. The fraction of sp³-hybridized carbons (Fsp3) is 0.471. The van der Waals surface area contributed by atoms with Gasteiger partial charge in [-0.05, 0) is 25.3 Å². The summed E-state index contributed by atoms with van der Waals surface area (Å²) in [5.74, 6) is 1.70. The second kappa shape index (κ2) is 5.70. The molecule has 3 rings (SSSR count). The van der Waals surface area contributed by atoms with Gasteiger partial charge in [0.15, 0.2) is 0 Å². The number of hydrogen-bond acceptors (Lipinski definition) is 2. The van der Waals surface area contributed by atoms with Gasteiger partial charge in [-0.3, -0.25) is 0 Å². The molecule has 0 saturated carbocycles. The standard InChI is InChI=1S/C17H23N3/c1-3-4-5-16-10-17-18-11-15(12-20(17)19-16)14-8-6-13(2)7-9-14/h6-10,15,18H,3-5,11-12H2,1-2H3. The van der Waals surface area contributed by atoms with E-state index in [1.807, 2.05) is 0 Å². The number of hydrogen-bond donors (Lipinski definition) is 1. The van der Waals surface area contributed by atoms with Crippen LogP contribution in [-0.2, 0) is 13.0 Å². The fourth-order valence-electron chi connectivity index (χ4n) is 2.79. The molecular formula is C17H23N3. The van der Waals surface area contributed by atoms with Crippen molar-refractivity contribution < 1.29 is 0 Å². The molecule has 3 nitrogen and oxygen atoms in total. The molecule has 1 aromatic carbocycles. The Bertz CT molecular complexity index is 568. The van der Waals surface area contributed by atoms with Crippen molar-refractivity contribution >= 4 is 5.82 Å². The highest BCUT2D eigenvalue weighted by atomic mass is 15.3. The van der Waals surface area contributed by atoms with E-state index < -0.39 is 0 Å². The Kier molecular flexibility index (Phi) is 3.77. The zero-order chi connectivity index (χ0) is 13.9. The minimum Gasteiger partial charge on any atom is -0.370 e. The largest absolute Gasteiger partial charge is 0.370 e. The van der Waals surface area contributed by atoms with E-state index in [-0.39, 0.29) is 0 Å². The van der Waals surface area contributed by atoms with Crippen LogP contribution in [-0.4, -0.2) is 16.3 Å². The summed E-state index contributed by atoms with van der Waals surface area (Å²) >= 11 is 0. The van der Waals surface area contributed by atoms with Crippen molar-refractivity contribution in [3.05, 3.63) is 47.2 Å². The first-order valence-corrected chi connectivity index (χ1v) is 7.63. The highest BCUT2D eigenvalue weighted by Crippen LogP contribution is 2.26. The van der Waals surface area contributed by atoms with Crippen molar-refractivity contribution in [2.45, 2.75) is 45.6 Å². The van der Waals surface area contributed by atoms with Crippen LogP contribution in [0.5, 0.6) is 0 Å². The zero-order valence-corrected chi connectivity index (χ0v) is 12.4. The van der Waals surface area contributed by atoms with Crippen molar-refractivity contribution in [3.63, 3.8) is 0 Å². The molecule has 1 atom stereocenters. The number of benzene rings is 1. The minimum absolute atomic E-state index is 0.516. The van der Waals surface area contributed by atoms with E-state index in [9.17, 15) is 0 Å². The summed E-state index contributed by atoms with van der Waals surface area (Å²) in [6.45, 7) is 6.34. The monoisotopic (exact) mass is 269 g/mol. The lowest BCUT2D eigenvalue weighted by Crippen LogP contribution is -2.26. The van der Waals surface area contributed by atoms with Gasteiger partial charge in [0.1, 0.15) is 5.82 Å². The van der Waals surface area contributed by atoms with Crippen LogP contribution >= 0.6 is 0 Å². The smallest absolute Gasteiger partial charge is 0.124 e. The summed E-state index contributed by atoms with van der Waals surface area (Å²) in [7, 11) is 0. The third-order valence-electron chi connectivity index (χ3n) is 4.09. The van der Waals surface area contributed by atoms with Crippen LogP contribution in [0.1, 0.15) is 42.5 Å². The number of nitrogens with one attached hydrogen (secondary N) is 1. The van der Waals surface area contributed by atoms with Gasteiger partial charge in [0.25, 0.3) is 0 Å². The maximum absolute atomic E-state index is 4.74. The topological polar surface area (TPSA) is 29.9 Å². The Morgan fingerprint density at radius 1 is 1.30 bits per heavy atom. The lowest BCUT2D eigenvalue weighted by Gasteiger charge is -2.25. The summed E-state index contributed by atoms with van der Waals surface area (Å²) in [6, 6.07) is 11.1. The maximum atomic E-state index is 4.74. The number of aryl methyl sites for hydroxylation is 2. The molecule has 0 fully saturated rings. The molecule has 0 saturated heterocycles. The molecule has 106 valence electrons. The molecule has 0 bridgehead atoms. The molecule has 2 aromatic rings. The van der Waals surface area contributed by atoms with Gasteiger partial charge < -0.3 is 5.32 Å². The third kappa shape index (κ3) is 2.72. The van der Waals surface area contributed by atoms with Crippen molar-refractivity contribution in [1.29, 1.82) is 0 Å². The molecule has 20 heavy (non-hydrogen) atoms. The van der Waals surface area contributed by atoms with Crippen LogP contribution in [0.4, 0.5) is 5.82 Å². The van der Waals surface area contributed by atoms with Crippen LogP contribution in [0, 0.1) is 6.92 Å². The van der Waals surface area contributed by atoms with Crippen LogP contribution in [0.2, 0.25) is 0 Å². The predicted octanol–water partition coefficient (Wildman–Crippen LogP) is 3.74. The van der Waals surface area contributed by atoms with Gasteiger partial charge in [-0.25, -0.2) is 4.68 Å². The molecule has 1 aromatic heterocycles. The van der Waals surface area contributed by atoms with E-state index in [1.54, 1.807) is 0 Å². The molecule has 0 aliphatic carbocycles. The van der Waals surface area contributed by atoms with Crippen LogP contribution < -0.4 is 5.32 Å². The fourth-order valence-corrected chi connectivity index (χ4v) is 2.79. The van der Waals surface area contributed by atoms with Crippen LogP contribution in [0.3, 0.4) is 0 Å². The first kappa shape index (κ1) is 13.2. The summed E-state index contributed by atoms with van der Waals surface area (Å²) in [4.78, 5) is 0. The number of aromatic nitrogens is 2. The van der Waals surface area contributed by atoms with Crippen LogP contribution in [0.15, 0.2) is 30.3 Å². The average molecular weight is 269 g/mol. The van der Waals surface area contributed by atoms with E-state index in [1.165, 1.54) is 35.5 Å². The van der Waals surface area contributed by atoms with E-state index >= 15 is 0 Å². The highest BCUT2D eigenvalue weighted by Gasteiger charge is 2.21. The summed E-state index contributed by atoms with van der Waals surface area (Å²) < 4.78 is 2.14. The number of nitrogens with zero attached hydrogens (tertiary/aromatic N) is 2. The van der Waals surface area contributed by atoms with Gasteiger partial charge in [0.05, 0.1) is 12.2 Å². The lowest BCUT2D eigenvalue weighted by atomic mass is 9.97. The van der Waals surface area contributed by atoms with Crippen molar-refractivity contribution in [2.75, 3.05) is 11.9 Å². The van der Waals surface area contributed by atoms with Crippen LogP contribution in [0.25, 0.3) is 0 Å². The molecule has 0 spiro atoms. The SMILES string of the molecule is CCCCc1cc2n(n1)CC(c1ccc(C)cc1)CN2. The molecule has 1 aliphatic heterocycles. The first-order chi connectivity index (χ1) is 9.76. The first-order valence-electron chi connectivity index (χ1n) is 7.63. The Morgan fingerprint density at radius 2 is 2.10 bits per heavy atom. The lowest BCUT2D eigenvalue weighted by molar-refractivity contribution is 0.501. The number of rotatable bonds is 4. The van der Waals surface area contributed by atoms with Gasteiger partial charge in [-0.2, -0.15) is 5.10 Å². The molecule has 1 N–H and O–H groups in total. The molecule has 0 amide bonds. The molecule has 1 aliphatic rings. The minimum atomic E-state index is 0.516. The summed E-state index contributed by atoms with van der Waals surface area (Å²) in [5, 5.41) is 8.26. The van der Waals surface area contributed by atoms with Gasteiger partial charge >= 0.3 is 0 Å². The average Bonchev–Trinajstić information content (AvgIpc) is 2.87.